The number of methoxy groups -OCH3 is 1. The minimum Gasteiger partial charge on any atom is -0.493 e. The Morgan fingerprint density at radius 3 is 2.26 bits per heavy atom. The van der Waals surface area contributed by atoms with Crippen molar-refractivity contribution >= 4 is 11.9 Å². The fraction of sp³-hybridized carbons (Fsp3) is 0.533. The van der Waals surface area contributed by atoms with Crippen LogP contribution in [0.5, 0.6) is 23.0 Å². The highest BCUT2D eigenvalue weighted by Crippen LogP contribution is 2.39. The number of carbonyl (C=O) groups is 2. The van der Waals surface area contributed by atoms with Gasteiger partial charge in [-0.2, -0.15) is 0 Å². The molecule has 2 fully saturated rings. The first-order valence-corrected chi connectivity index (χ1v) is 13.6. The normalized spacial score (nSPS) is 20.8. The maximum Gasteiger partial charge on any atom is 0.302 e. The Kier molecular flexibility index (Phi) is 9.37. The van der Waals surface area contributed by atoms with Crippen LogP contribution in [0.2, 0.25) is 0 Å². The van der Waals surface area contributed by atoms with Crippen molar-refractivity contribution in [3.8, 4) is 23.0 Å². The van der Waals surface area contributed by atoms with Gasteiger partial charge >= 0.3 is 5.97 Å². The Balaban J connectivity index is 1.56. The summed E-state index contributed by atoms with van der Waals surface area (Å²) < 4.78 is 28.6. The molecular formula is C30H39NO7. The molecule has 4 rings (SSSR count). The van der Waals surface area contributed by atoms with Gasteiger partial charge < -0.3 is 29.0 Å². The van der Waals surface area contributed by atoms with Crippen molar-refractivity contribution in [2.75, 3.05) is 26.9 Å². The fourth-order valence-corrected chi connectivity index (χ4v) is 4.99. The molecule has 2 aromatic carbocycles. The van der Waals surface area contributed by atoms with E-state index in [9.17, 15) is 9.59 Å². The van der Waals surface area contributed by atoms with Crippen molar-refractivity contribution in [3.05, 3.63) is 47.5 Å². The molecule has 0 spiro atoms. The highest BCUT2D eigenvalue weighted by Gasteiger charge is 2.35. The highest BCUT2D eigenvalue weighted by atomic mass is 16.5. The number of amides is 1. The zero-order valence-electron chi connectivity index (χ0n) is 22.8. The van der Waals surface area contributed by atoms with E-state index in [1.165, 1.54) is 19.8 Å². The maximum absolute atomic E-state index is 13.5. The Labute approximate surface area is 224 Å². The highest BCUT2D eigenvalue weighted by molar-refractivity contribution is 5.95. The molecule has 1 N–H and O–H groups in total. The van der Waals surface area contributed by atoms with E-state index >= 15 is 0 Å². The van der Waals surface area contributed by atoms with E-state index in [-0.39, 0.29) is 29.9 Å². The molecule has 3 unspecified atom stereocenters. The molecule has 0 aliphatic heterocycles. The predicted molar refractivity (Wildman–Crippen MR) is 143 cm³/mol. The summed E-state index contributed by atoms with van der Waals surface area (Å²) in [7, 11) is 1.61. The minimum atomic E-state index is -0.297. The third kappa shape index (κ3) is 7.11. The zero-order chi connectivity index (χ0) is 27.1. The number of hydrogen-bond acceptors (Lipinski definition) is 7. The summed E-state index contributed by atoms with van der Waals surface area (Å²) in [4.78, 5) is 25.1. The fourth-order valence-electron chi connectivity index (χ4n) is 4.99. The number of hydrogen-bond donors (Lipinski definition) is 1. The molecule has 2 saturated carbocycles. The Morgan fingerprint density at radius 2 is 1.58 bits per heavy atom. The molecule has 8 nitrogen and oxygen atoms in total. The van der Waals surface area contributed by atoms with Gasteiger partial charge in [-0.3, -0.25) is 9.59 Å². The van der Waals surface area contributed by atoms with E-state index in [0.717, 1.165) is 5.56 Å². The van der Waals surface area contributed by atoms with Crippen molar-refractivity contribution in [2.45, 2.75) is 70.9 Å². The van der Waals surface area contributed by atoms with Crippen LogP contribution in [-0.4, -0.2) is 51.0 Å². The molecule has 0 heterocycles. The lowest BCUT2D eigenvalue weighted by atomic mass is 9.78. The summed E-state index contributed by atoms with van der Waals surface area (Å²) in [5.41, 5.74) is 1.52. The SMILES string of the molecule is CCOc1cc(C2CC(OC(C)=O)CCC2NC(=O)c2ccc(OCC)c(OCC3CC3)c2)ccc1OC. The van der Waals surface area contributed by atoms with E-state index in [4.69, 9.17) is 23.7 Å². The molecular weight excluding hydrogens is 486 g/mol. The molecule has 3 atom stereocenters. The Hall–Kier alpha value is -3.42. The predicted octanol–water partition coefficient (Wildman–Crippen LogP) is 5.28. The van der Waals surface area contributed by atoms with Crippen LogP contribution >= 0.6 is 0 Å². The number of rotatable bonds is 12. The lowest BCUT2D eigenvalue weighted by molar-refractivity contribution is -0.148. The number of carbonyl (C=O) groups excluding carboxylic acids is 2. The summed E-state index contributed by atoms with van der Waals surface area (Å²) in [5.74, 6) is 2.58. The van der Waals surface area contributed by atoms with Gasteiger partial charge in [-0.1, -0.05) is 6.07 Å². The van der Waals surface area contributed by atoms with Crippen molar-refractivity contribution in [1.29, 1.82) is 0 Å². The number of benzene rings is 2. The topological polar surface area (TPSA) is 92.3 Å². The molecule has 0 radical (unpaired) electrons. The first-order valence-electron chi connectivity index (χ1n) is 13.6. The zero-order valence-corrected chi connectivity index (χ0v) is 22.8. The summed E-state index contributed by atoms with van der Waals surface area (Å²) in [6.07, 6.45) is 4.09. The van der Waals surface area contributed by atoms with Crippen LogP contribution in [0.25, 0.3) is 0 Å². The van der Waals surface area contributed by atoms with Crippen molar-refractivity contribution in [3.63, 3.8) is 0 Å². The second-order valence-corrected chi connectivity index (χ2v) is 9.92. The quantitative estimate of drug-likeness (QED) is 0.377. The summed E-state index contributed by atoms with van der Waals surface area (Å²) >= 11 is 0. The largest absolute Gasteiger partial charge is 0.493 e. The van der Waals surface area contributed by atoms with Crippen molar-refractivity contribution in [1.82, 2.24) is 5.32 Å². The Bertz CT molecular complexity index is 1110. The van der Waals surface area contributed by atoms with Crippen LogP contribution in [0.15, 0.2) is 36.4 Å². The van der Waals surface area contributed by atoms with Gasteiger partial charge in [-0.15, -0.1) is 0 Å². The maximum atomic E-state index is 13.5. The van der Waals surface area contributed by atoms with Gasteiger partial charge in [-0.05, 0) is 87.8 Å². The van der Waals surface area contributed by atoms with Crippen LogP contribution < -0.4 is 24.3 Å². The number of nitrogens with one attached hydrogen (secondary N) is 1. The lowest BCUT2D eigenvalue weighted by Crippen LogP contribution is -2.44. The average Bonchev–Trinajstić information content (AvgIpc) is 3.73. The van der Waals surface area contributed by atoms with Crippen LogP contribution in [-0.2, 0) is 9.53 Å². The molecule has 206 valence electrons. The van der Waals surface area contributed by atoms with E-state index in [1.54, 1.807) is 25.3 Å². The Morgan fingerprint density at radius 1 is 0.868 bits per heavy atom. The standard InChI is InChI=1S/C30H39NO7/c1-5-35-27-14-10-22(16-29(27)37-18-20-7-8-20)30(33)31-25-12-11-23(38-19(3)32)17-24(25)21-9-13-26(34-4)28(15-21)36-6-2/h9-10,13-16,20,23-25H,5-8,11-12,17-18H2,1-4H3,(H,31,33). The summed E-state index contributed by atoms with van der Waals surface area (Å²) in [6, 6.07) is 11.0. The van der Waals surface area contributed by atoms with E-state index < -0.39 is 0 Å². The molecule has 38 heavy (non-hydrogen) atoms. The van der Waals surface area contributed by atoms with Crippen LogP contribution in [0.4, 0.5) is 0 Å². The smallest absolute Gasteiger partial charge is 0.302 e. The third-order valence-corrected chi connectivity index (χ3v) is 7.04. The van der Waals surface area contributed by atoms with Crippen LogP contribution in [0.3, 0.4) is 0 Å². The molecule has 2 aliphatic rings. The summed E-state index contributed by atoms with van der Waals surface area (Å²) in [6.45, 7) is 6.93. The van der Waals surface area contributed by atoms with Gasteiger partial charge in [0.25, 0.3) is 5.91 Å². The van der Waals surface area contributed by atoms with Gasteiger partial charge in [-0.25, -0.2) is 0 Å². The molecule has 1 amide bonds. The van der Waals surface area contributed by atoms with Crippen LogP contribution in [0, 0.1) is 5.92 Å². The van der Waals surface area contributed by atoms with Gasteiger partial charge in [0, 0.05) is 24.4 Å². The molecule has 0 bridgehead atoms. The van der Waals surface area contributed by atoms with E-state index in [0.29, 0.717) is 73.6 Å². The van der Waals surface area contributed by atoms with Gasteiger partial charge in [0.15, 0.2) is 23.0 Å². The molecule has 8 heteroatoms. The number of ether oxygens (including phenoxy) is 5. The van der Waals surface area contributed by atoms with Crippen LogP contribution in [0.1, 0.15) is 74.7 Å². The lowest BCUT2D eigenvalue weighted by Gasteiger charge is -2.36. The average molecular weight is 526 g/mol. The monoisotopic (exact) mass is 525 g/mol. The molecule has 0 aromatic heterocycles. The third-order valence-electron chi connectivity index (χ3n) is 7.04. The van der Waals surface area contributed by atoms with Crippen molar-refractivity contribution in [2.24, 2.45) is 5.92 Å². The van der Waals surface area contributed by atoms with Gasteiger partial charge in [0.1, 0.15) is 6.10 Å². The first-order chi connectivity index (χ1) is 18.4. The first kappa shape index (κ1) is 27.6. The minimum absolute atomic E-state index is 0.0737. The van der Waals surface area contributed by atoms with E-state index in [1.807, 2.05) is 32.0 Å². The second-order valence-electron chi connectivity index (χ2n) is 9.92. The molecule has 0 saturated heterocycles. The molecule has 2 aliphatic carbocycles. The summed E-state index contributed by atoms with van der Waals surface area (Å²) in [5, 5.41) is 3.25. The second kappa shape index (κ2) is 12.9. The van der Waals surface area contributed by atoms with Gasteiger partial charge in [0.05, 0.1) is 26.9 Å². The van der Waals surface area contributed by atoms with Gasteiger partial charge in [0.2, 0.25) is 0 Å². The number of esters is 1. The molecule has 2 aromatic rings. The van der Waals surface area contributed by atoms with Crippen molar-refractivity contribution < 1.29 is 33.3 Å². The van der Waals surface area contributed by atoms with E-state index in [2.05, 4.69) is 5.32 Å².